The van der Waals surface area contributed by atoms with Gasteiger partial charge in [-0.3, -0.25) is 14.5 Å². The van der Waals surface area contributed by atoms with Gasteiger partial charge in [0, 0.05) is 11.1 Å². The van der Waals surface area contributed by atoms with Crippen LogP contribution < -0.4 is 14.8 Å². The second kappa shape index (κ2) is 6.94. The molecule has 1 amide bonds. The lowest BCUT2D eigenvalue weighted by atomic mass is 10.0. The Balaban J connectivity index is 1.61. The fraction of sp³-hybridized carbons (Fsp3) is 0.300. The van der Waals surface area contributed by atoms with Gasteiger partial charge in [-0.05, 0) is 24.1 Å². The summed E-state index contributed by atoms with van der Waals surface area (Å²) in [4.78, 5) is 17.6. The Kier molecular flexibility index (Phi) is 4.58. The summed E-state index contributed by atoms with van der Waals surface area (Å²) >= 11 is 0. The zero-order valence-corrected chi connectivity index (χ0v) is 16.4. The third-order valence-electron chi connectivity index (χ3n) is 4.85. The fourth-order valence-corrected chi connectivity index (χ4v) is 4.66. The van der Waals surface area contributed by atoms with E-state index >= 15 is 0 Å². The van der Waals surface area contributed by atoms with Crippen LogP contribution in [0.3, 0.4) is 0 Å². The lowest BCUT2D eigenvalue weighted by Crippen LogP contribution is -2.40. The molecule has 4 rings (SSSR count). The minimum Gasteiger partial charge on any atom is -0.491 e. The van der Waals surface area contributed by atoms with Crippen molar-refractivity contribution >= 4 is 21.8 Å². The number of amides is 1. The molecular weight excluding hydrogens is 378 g/mol. The minimum absolute atomic E-state index is 0.123. The molecule has 8 heteroatoms. The third-order valence-corrected chi connectivity index (χ3v) is 6.24. The summed E-state index contributed by atoms with van der Waals surface area (Å²) in [7, 11) is -3.65. The minimum atomic E-state index is -3.65. The number of carbonyl (C=O) groups excluding carboxylic acids is 1. The van der Waals surface area contributed by atoms with Crippen LogP contribution in [0.15, 0.2) is 58.4 Å². The molecule has 0 bridgehead atoms. The molecule has 0 fully saturated rings. The van der Waals surface area contributed by atoms with Gasteiger partial charge in [-0.25, -0.2) is 8.42 Å². The molecule has 2 heterocycles. The average Bonchev–Trinajstić information content (AvgIpc) is 3.18. The Labute approximate surface area is 163 Å². The smallest absolute Gasteiger partial charge is 0.263 e. The second-order valence-electron chi connectivity index (χ2n) is 7.18. The number of aliphatic imine (C=N–C) groups is 1. The molecule has 0 aromatic heterocycles. The highest BCUT2D eigenvalue weighted by Gasteiger charge is 2.34. The zero-order valence-electron chi connectivity index (χ0n) is 15.5. The van der Waals surface area contributed by atoms with E-state index < -0.39 is 16.1 Å². The van der Waals surface area contributed by atoms with E-state index in [1.807, 2.05) is 38.1 Å². The first kappa shape index (κ1) is 18.5. The maximum Gasteiger partial charge on any atom is 0.263 e. The summed E-state index contributed by atoms with van der Waals surface area (Å²) in [5, 5.41) is 2.99. The highest BCUT2D eigenvalue weighted by atomic mass is 32.2. The number of nitrogens with zero attached hydrogens (tertiary/aromatic N) is 1. The average molecular weight is 399 g/mol. The molecule has 0 saturated carbocycles. The third kappa shape index (κ3) is 3.24. The van der Waals surface area contributed by atoms with Gasteiger partial charge in [0.15, 0.2) is 0 Å². The van der Waals surface area contributed by atoms with Crippen molar-refractivity contribution in [2.24, 2.45) is 10.9 Å². The van der Waals surface area contributed by atoms with Crippen molar-refractivity contribution in [3.63, 3.8) is 0 Å². The van der Waals surface area contributed by atoms with Gasteiger partial charge in [-0.2, -0.15) is 0 Å². The number of para-hydroxylation sites is 1. The molecule has 0 saturated heterocycles. The maximum atomic E-state index is 13.0. The Morgan fingerprint density at radius 1 is 1.18 bits per heavy atom. The molecule has 0 radical (unpaired) electrons. The van der Waals surface area contributed by atoms with Gasteiger partial charge in [0.05, 0.1) is 10.9 Å². The quantitative estimate of drug-likeness (QED) is 0.822. The monoisotopic (exact) mass is 399 g/mol. The van der Waals surface area contributed by atoms with Crippen molar-refractivity contribution in [3.8, 4) is 5.75 Å². The summed E-state index contributed by atoms with van der Waals surface area (Å²) in [5.41, 5.74) is 1.41. The first-order valence-electron chi connectivity index (χ1n) is 9.09. The van der Waals surface area contributed by atoms with Gasteiger partial charge >= 0.3 is 0 Å². The van der Waals surface area contributed by atoms with E-state index in [1.165, 1.54) is 6.07 Å². The first-order valence-corrected chi connectivity index (χ1v) is 10.6. The van der Waals surface area contributed by atoms with Gasteiger partial charge in [0.1, 0.15) is 24.2 Å². The Bertz CT molecular complexity index is 1060. The van der Waals surface area contributed by atoms with E-state index in [0.717, 1.165) is 11.3 Å². The van der Waals surface area contributed by atoms with Crippen molar-refractivity contribution < 1.29 is 17.9 Å². The highest BCUT2D eigenvalue weighted by molar-refractivity contribution is 7.90. The number of ether oxygens (including phenoxy) is 1. The molecular formula is C20H21N3O4S. The van der Waals surface area contributed by atoms with Gasteiger partial charge < -0.3 is 10.1 Å². The van der Waals surface area contributed by atoms with Crippen molar-refractivity contribution in [2.75, 3.05) is 6.61 Å². The Hall–Kier alpha value is -2.87. The molecule has 146 valence electrons. The normalized spacial score (nSPS) is 21.5. The molecule has 2 aliphatic rings. The number of carbonyl (C=O) groups is 1. The number of amidine groups is 1. The second-order valence-corrected chi connectivity index (χ2v) is 8.83. The molecule has 2 aromatic carbocycles. The number of sulfonamides is 1. The van der Waals surface area contributed by atoms with E-state index in [4.69, 9.17) is 4.74 Å². The SMILES string of the molecule is CC(C)[C@H](N=C1NS(=O)(=O)c2ccccc21)C(=O)N[C@@H]1COc2ccccc21. The van der Waals surface area contributed by atoms with Gasteiger partial charge in [-0.1, -0.05) is 44.2 Å². The standard InChI is InChI=1S/C20H21N3O4S/c1-12(2)18(20(24)21-15-11-27-16-9-5-3-7-13(15)16)22-19-14-8-4-6-10-17(14)28(25,26)23-19/h3-10,12,15,18H,11H2,1-2H3,(H,21,24)(H,22,23)/t15-,18+/m1/s1. The molecule has 2 atom stereocenters. The van der Waals surface area contributed by atoms with Crippen LogP contribution in [-0.4, -0.2) is 32.8 Å². The van der Waals surface area contributed by atoms with E-state index in [2.05, 4.69) is 15.0 Å². The molecule has 0 unspecified atom stereocenters. The number of fused-ring (bicyclic) bond motifs is 2. The maximum absolute atomic E-state index is 13.0. The Morgan fingerprint density at radius 3 is 2.68 bits per heavy atom. The zero-order chi connectivity index (χ0) is 19.9. The van der Waals surface area contributed by atoms with Crippen LogP contribution in [0.2, 0.25) is 0 Å². The molecule has 2 N–H and O–H groups in total. The summed E-state index contributed by atoms with van der Waals surface area (Å²) in [5.74, 6) is 0.573. The van der Waals surface area contributed by atoms with E-state index in [0.29, 0.717) is 12.2 Å². The Morgan fingerprint density at radius 2 is 1.89 bits per heavy atom. The molecule has 7 nitrogen and oxygen atoms in total. The van der Waals surface area contributed by atoms with Crippen molar-refractivity contribution in [3.05, 3.63) is 59.7 Å². The van der Waals surface area contributed by atoms with E-state index in [1.54, 1.807) is 18.2 Å². The largest absolute Gasteiger partial charge is 0.491 e. The molecule has 2 aromatic rings. The van der Waals surface area contributed by atoms with Crippen LogP contribution in [0.5, 0.6) is 5.75 Å². The first-order chi connectivity index (χ1) is 13.4. The summed E-state index contributed by atoms with van der Waals surface area (Å²) in [6.07, 6.45) is 0. The van der Waals surface area contributed by atoms with Gasteiger partial charge in [0.25, 0.3) is 10.0 Å². The van der Waals surface area contributed by atoms with Crippen LogP contribution in [-0.2, 0) is 14.8 Å². The number of benzene rings is 2. The van der Waals surface area contributed by atoms with Crippen LogP contribution in [0, 0.1) is 5.92 Å². The van der Waals surface area contributed by atoms with Crippen molar-refractivity contribution in [1.82, 2.24) is 10.0 Å². The molecule has 28 heavy (non-hydrogen) atoms. The van der Waals surface area contributed by atoms with E-state index in [9.17, 15) is 13.2 Å². The summed E-state index contributed by atoms with van der Waals surface area (Å²) in [6, 6.07) is 13.2. The summed E-state index contributed by atoms with van der Waals surface area (Å²) < 4.78 is 32.7. The predicted molar refractivity (Wildman–Crippen MR) is 105 cm³/mol. The topological polar surface area (TPSA) is 96.9 Å². The lowest BCUT2D eigenvalue weighted by Gasteiger charge is -2.20. The lowest BCUT2D eigenvalue weighted by molar-refractivity contribution is -0.124. The number of rotatable bonds is 4. The molecule has 0 spiro atoms. The molecule has 0 aliphatic carbocycles. The highest BCUT2D eigenvalue weighted by Crippen LogP contribution is 2.32. The fourth-order valence-electron chi connectivity index (χ4n) is 3.42. The van der Waals surface area contributed by atoms with Gasteiger partial charge in [-0.15, -0.1) is 0 Å². The molecule has 2 aliphatic heterocycles. The number of hydrogen-bond donors (Lipinski definition) is 2. The predicted octanol–water partition coefficient (Wildman–Crippen LogP) is 2.00. The van der Waals surface area contributed by atoms with Crippen LogP contribution in [0.1, 0.15) is 31.0 Å². The van der Waals surface area contributed by atoms with E-state index in [-0.39, 0.29) is 28.6 Å². The van der Waals surface area contributed by atoms with Crippen molar-refractivity contribution in [1.29, 1.82) is 0 Å². The van der Waals surface area contributed by atoms with Crippen LogP contribution >= 0.6 is 0 Å². The van der Waals surface area contributed by atoms with Crippen LogP contribution in [0.4, 0.5) is 0 Å². The number of hydrogen-bond acceptors (Lipinski definition) is 5. The van der Waals surface area contributed by atoms with Crippen LogP contribution in [0.25, 0.3) is 0 Å². The van der Waals surface area contributed by atoms with Gasteiger partial charge in [0.2, 0.25) is 5.91 Å². The van der Waals surface area contributed by atoms with Crippen molar-refractivity contribution in [2.45, 2.75) is 30.8 Å². The number of nitrogens with one attached hydrogen (secondary N) is 2. The summed E-state index contributed by atoms with van der Waals surface area (Å²) in [6.45, 7) is 4.12.